The molecule has 0 unspecified atom stereocenters. The van der Waals surface area contributed by atoms with Crippen LogP contribution in [0.3, 0.4) is 0 Å². The first-order valence-corrected chi connectivity index (χ1v) is 6.75. The molecule has 22 heavy (non-hydrogen) atoms. The van der Waals surface area contributed by atoms with Gasteiger partial charge < -0.3 is 10.5 Å². The highest BCUT2D eigenvalue weighted by Gasteiger charge is 2.10. The van der Waals surface area contributed by atoms with Crippen LogP contribution >= 0.6 is 0 Å². The fraction of sp³-hybridized carbons (Fsp3) is 0.125. The standard InChI is InChI=1S/C16H16FN3O2/c1-2-14(19-20-16(18)21)13-5-3-4-6-15(13)22-12-9-7-11(17)8-10-12/h3-10H,2H2,1H3,(H3,18,20,21)/b19-14-. The van der Waals surface area contributed by atoms with Gasteiger partial charge in [0, 0.05) is 5.56 Å². The molecule has 0 aliphatic heterocycles. The van der Waals surface area contributed by atoms with Gasteiger partial charge in [-0.25, -0.2) is 14.6 Å². The third kappa shape index (κ3) is 4.05. The molecule has 2 aromatic rings. The molecule has 0 atom stereocenters. The van der Waals surface area contributed by atoms with Crippen LogP contribution in [0.5, 0.6) is 11.5 Å². The number of nitrogens with zero attached hydrogens (tertiary/aromatic N) is 1. The number of carbonyl (C=O) groups excluding carboxylic acids is 1. The highest BCUT2D eigenvalue weighted by atomic mass is 19.1. The van der Waals surface area contributed by atoms with Gasteiger partial charge in [-0.2, -0.15) is 5.10 Å². The number of hydrogen-bond acceptors (Lipinski definition) is 3. The topological polar surface area (TPSA) is 76.7 Å². The molecule has 0 saturated heterocycles. The molecule has 0 heterocycles. The average Bonchev–Trinajstić information content (AvgIpc) is 2.51. The number of carbonyl (C=O) groups is 1. The van der Waals surface area contributed by atoms with E-state index in [1.54, 1.807) is 6.07 Å². The van der Waals surface area contributed by atoms with Crippen LogP contribution in [-0.4, -0.2) is 11.7 Å². The van der Waals surface area contributed by atoms with Gasteiger partial charge in [0.1, 0.15) is 17.3 Å². The van der Waals surface area contributed by atoms with Crippen LogP contribution in [0.15, 0.2) is 53.6 Å². The summed E-state index contributed by atoms with van der Waals surface area (Å²) in [5, 5.41) is 3.98. The van der Waals surface area contributed by atoms with Crippen LogP contribution in [0.1, 0.15) is 18.9 Å². The van der Waals surface area contributed by atoms with E-state index in [4.69, 9.17) is 10.5 Å². The van der Waals surface area contributed by atoms with Crippen LogP contribution in [0.4, 0.5) is 9.18 Å². The normalized spacial score (nSPS) is 11.1. The number of hydrazone groups is 1. The van der Waals surface area contributed by atoms with Crippen molar-refractivity contribution < 1.29 is 13.9 Å². The number of nitrogens with two attached hydrogens (primary N) is 1. The molecule has 0 saturated carbocycles. The Balaban J connectivity index is 2.31. The van der Waals surface area contributed by atoms with E-state index in [1.807, 2.05) is 25.1 Å². The maximum absolute atomic E-state index is 12.9. The monoisotopic (exact) mass is 301 g/mol. The molecule has 3 N–H and O–H groups in total. The maximum atomic E-state index is 12.9. The molecule has 0 aliphatic carbocycles. The zero-order valence-electron chi connectivity index (χ0n) is 12.0. The molecular formula is C16H16FN3O2. The predicted molar refractivity (Wildman–Crippen MR) is 82.5 cm³/mol. The second-order valence-electron chi connectivity index (χ2n) is 4.44. The lowest BCUT2D eigenvalue weighted by Gasteiger charge is -2.12. The van der Waals surface area contributed by atoms with Gasteiger partial charge in [-0.1, -0.05) is 19.1 Å². The molecule has 0 radical (unpaired) electrons. The highest BCUT2D eigenvalue weighted by molar-refractivity contribution is 6.03. The minimum atomic E-state index is -0.733. The van der Waals surface area contributed by atoms with Crippen molar-refractivity contribution in [3.8, 4) is 11.5 Å². The minimum Gasteiger partial charge on any atom is -0.457 e. The summed E-state index contributed by atoms with van der Waals surface area (Å²) in [7, 11) is 0. The molecule has 0 aliphatic rings. The Kier molecular flexibility index (Phi) is 5.08. The smallest absolute Gasteiger partial charge is 0.332 e. The average molecular weight is 301 g/mol. The summed E-state index contributed by atoms with van der Waals surface area (Å²) in [6, 6.07) is 12.2. The quantitative estimate of drug-likeness (QED) is 0.656. The first kappa shape index (κ1) is 15.5. The Morgan fingerprint density at radius 2 is 1.91 bits per heavy atom. The molecule has 0 aromatic heterocycles. The number of nitrogens with one attached hydrogen (secondary N) is 1. The number of halogens is 1. The highest BCUT2D eigenvalue weighted by Crippen LogP contribution is 2.26. The number of hydrogen-bond donors (Lipinski definition) is 2. The molecule has 2 aromatic carbocycles. The van der Waals surface area contributed by atoms with Crippen molar-refractivity contribution >= 4 is 11.7 Å². The molecular weight excluding hydrogens is 285 g/mol. The molecule has 6 heteroatoms. The fourth-order valence-electron chi connectivity index (χ4n) is 1.88. The first-order valence-electron chi connectivity index (χ1n) is 6.75. The lowest BCUT2D eigenvalue weighted by Crippen LogP contribution is -2.26. The first-order chi connectivity index (χ1) is 10.6. The summed E-state index contributed by atoms with van der Waals surface area (Å²) in [4.78, 5) is 10.8. The fourth-order valence-corrected chi connectivity index (χ4v) is 1.88. The number of rotatable bonds is 5. The van der Waals surface area contributed by atoms with Gasteiger partial charge in [-0.05, 0) is 42.8 Å². The molecule has 0 spiro atoms. The van der Waals surface area contributed by atoms with Crippen molar-refractivity contribution in [1.29, 1.82) is 0 Å². The number of ether oxygens (including phenoxy) is 1. The van der Waals surface area contributed by atoms with E-state index in [2.05, 4.69) is 10.5 Å². The largest absolute Gasteiger partial charge is 0.457 e. The van der Waals surface area contributed by atoms with E-state index in [1.165, 1.54) is 24.3 Å². The van der Waals surface area contributed by atoms with E-state index in [9.17, 15) is 9.18 Å². The minimum absolute atomic E-state index is 0.331. The molecule has 2 amide bonds. The Morgan fingerprint density at radius 3 is 2.55 bits per heavy atom. The lowest BCUT2D eigenvalue weighted by molar-refractivity contribution is 0.249. The van der Waals surface area contributed by atoms with Crippen molar-refractivity contribution in [3.63, 3.8) is 0 Å². The van der Waals surface area contributed by atoms with Crippen molar-refractivity contribution in [3.05, 3.63) is 59.9 Å². The van der Waals surface area contributed by atoms with Gasteiger partial charge in [0.25, 0.3) is 0 Å². The van der Waals surface area contributed by atoms with Gasteiger partial charge in [0.15, 0.2) is 0 Å². The zero-order chi connectivity index (χ0) is 15.9. The molecule has 0 bridgehead atoms. The Labute approximate surface area is 127 Å². The third-order valence-corrected chi connectivity index (χ3v) is 2.88. The van der Waals surface area contributed by atoms with Gasteiger partial charge in [0.05, 0.1) is 5.71 Å². The third-order valence-electron chi connectivity index (χ3n) is 2.88. The van der Waals surface area contributed by atoms with E-state index in [0.717, 1.165) is 5.56 Å². The van der Waals surface area contributed by atoms with Crippen LogP contribution in [0.25, 0.3) is 0 Å². The van der Waals surface area contributed by atoms with Crippen LogP contribution in [-0.2, 0) is 0 Å². The summed E-state index contributed by atoms with van der Waals surface area (Å²) < 4.78 is 18.7. The zero-order valence-corrected chi connectivity index (χ0v) is 12.0. The molecule has 2 rings (SSSR count). The summed E-state index contributed by atoms with van der Waals surface area (Å²) >= 11 is 0. The molecule has 0 fully saturated rings. The predicted octanol–water partition coefficient (Wildman–Crippen LogP) is 3.40. The number of urea groups is 1. The number of amides is 2. The van der Waals surface area contributed by atoms with E-state index in [0.29, 0.717) is 23.6 Å². The molecule has 114 valence electrons. The van der Waals surface area contributed by atoms with E-state index in [-0.39, 0.29) is 5.82 Å². The van der Waals surface area contributed by atoms with Gasteiger partial charge in [-0.15, -0.1) is 0 Å². The summed E-state index contributed by atoms with van der Waals surface area (Å²) in [6.07, 6.45) is 0.573. The number of benzene rings is 2. The van der Waals surface area contributed by atoms with Crippen LogP contribution < -0.4 is 15.9 Å². The number of primary amides is 1. The van der Waals surface area contributed by atoms with Crippen LogP contribution in [0, 0.1) is 5.82 Å². The second-order valence-corrected chi connectivity index (χ2v) is 4.44. The maximum Gasteiger partial charge on any atom is 0.332 e. The second kappa shape index (κ2) is 7.21. The van der Waals surface area contributed by atoms with Gasteiger partial charge >= 0.3 is 6.03 Å². The van der Waals surface area contributed by atoms with Crippen molar-refractivity contribution in [2.24, 2.45) is 10.8 Å². The lowest BCUT2D eigenvalue weighted by atomic mass is 10.1. The summed E-state index contributed by atoms with van der Waals surface area (Å²) in [5.41, 5.74) is 8.59. The summed E-state index contributed by atoms with van der Waals surface area (Å²) in [6.45, 7) is 1.90. The Bertz CT molecular complexity index is 684. The Morgan fingerprint density at radius 1 is 1.23 bits per heavy atom. The summed E-state index contributed by atoms with van der Waals surface area (Å²) in [5.74, 6) is 0.732. The van der Waals surface area contributed by atoms with Crippen molar-refractivity contribution in [2.45, 2.75) is 13.3 Å². The van der Waals surface area contributed by atoms with E-state index >= 15 is 0 Å². The number of para-hydroxylation sites is 1. The van der Waals surface area contributed by atoms with Gasteiger partial charge in [0.2, 0.25) is 0 Å². The van der Waals surface area contributed by atoms with Crippen molar-refractivity contribution in [1.82, 2.24) is 5.43 Å². The van der Waals surface area contributed by atoms with Crippen molar-refractivity contribution in [2.75, 3.05) is 0 Å². The van der Waals surface area contributed by atoms with E-state index < -0.39 is 6.03 Å². The van der Waals surface area contributed by atoms with Crippen LogP contribution in [0.2, 0.25) is 0 Å². The molecule has 5 nitrogen and oxygen atoms in total. The van der Waals surface area contributed by atoms with Gasteiger partial charge in [-0.3, -0.25) is 0 Å². The Hall–Kier alpha value is -2.89. The SMILES string of the molecule is CC/C(=N/NC(N)=O)c1ccccc1Oc1ccc(F)cc1.